The van der Waals surface area contributed by atoms with Crippen molar-refractivity contribution in [3.8, 4) is 11.4 Å². The average molecular weight is 465 g/mol. The molecule has 174 valence electrons. The summed E-state index contributed by atoms with van der Waals surface area (Å²) >= 11 is 1.70. The highest BCUT2D eigenvalue weighted by molar-refractivity contribution is 7.09. The maximum Gasteiger partial charge on any atom is 0.227 e. The zero-order valence-corrected chi connectivity index (χ0v) is 20.3. The topological polar surface area (TPSA) is 75.9 Å². The zero-order chi connectivity index (χ0) is 22.8. The maximum atomic E-state index is 13.1. The van der Waals surface area contributed by atoms with Crippen molar-refractivity contribution in [3.05, 3.63) is 45.7 Å². The van der Waals surface area contributed by atoms with Gasteiger partial charge >= 0.3 is 0 Å². The Kier molecular flexibility index (Phi) is 6.55. The van der Waals surface area contributed by atoms with E-state index in [-0.39, 0.29) is 11.8 Å². The molecule has 0 saturated carbocycles. The van der Waals surface area contributed by atoms with E-state index >= 15 is 0 Å². The van der Waals surface area contributed by atoms with Crippen molar-refractivity contribution in [2.45, 2.75) is 65.5 Å². The number of nitrogens with one attached hydrogen (secondary N) is 1. The van der Waals surface area contributed by atoms with E-state index in [1.807, 2.05) is 13.8 Å². The Balaban J connectivity index is 1.23. The third-order valence-electron chi connectivity index (χ3n) is 6.87. The number of nitrogens with zero attached hydrogens (tertiary/aromatic N) is 5. The molecule has 1 N–H and O–H groups in total. The molecule has 4 heterocycles. The van der Waals surface area contributed by atoms with Crippen LogP contribution >= 0.6 is 11.3 Å². The first kappa shape index (κ1) is 22.2. The third kappa shape index (κ3) is 5.01. The van der Waals surface area contributed by atoms with Gasteiger partial charge in [0.05, 0.1) is 10.7 Å². The Bertz CT molecular complexity index is 1130. The number of aryl methyl sites for hydroxylation is 3. The van der Waals surface area contributed by atoms with Crippen LogP contribution in [0, 0.1) is 19.8 Å². The number of amides is 1. The maximum absolute atomic E-state index is 13.1. The minimum absolute atomic E-state index is 0.0471. The Morgan fingerprint density at radius 2 is 1.97 bits per heavy atom. The summed E-state index contributed by atoms with van der Waals surface area (Å²) in [6.07, 6.45) is 6.32. The summed E-state index contributed by atoms with van der Waals surface area (Å²) < 4.78 is 2.25. The van der Waals surface area contributed by atoms with Crippen LogP contribution in [-0.4, -0.2) is 43.6 Å². The van der Waals surface area contributed by atoms with Crippen LogP contribution in [0.2, 0.25) is 0 Å². The van der Waals surface area contributed by atoms with Gasteiger partial charge in [0, 0.05) is 42.1 Å². The van der Waals surface area contributed by atoms with Crippen LogP contribution in [0.3, 0.4) is 0 Å². The molecule has 0 atom stereocenters. The molecule has 3 aromatic rings. The van der Waals surface area contributed by atoms with Crippen molar-refractivity contribution in [1.29, 1.82) is 0 Å². The van der Waals surface area contributed by atoms with E-state index in [1.165, 1.54) is 12.8 Å². The average Bonchev–Trinajstić information content (AvgIpc) is 3.33. The van der Waals surface area contributed by atoms with E-state index in [1.54, 1.807) is 11.3 Å². The molecule has 5 rings (SSSR count). The van der Waals surface area contributed by atoms with Gasteiger partial charge < -0.3 is 9.88 Å². The second kappa shape index (κ2) is 9.73. The highest BCUT2D eigenvalue weighted by atomic mass is 32.1. The molecule has 0 radical (unpaired) electrons. The number of aromatic nitrogens is 4. The van der Waals surface area contributed by atoms with Crippen molar-refractivity contribution >= 4 is 22.9 Å². The fraction of sp³-hybridized carbons (Fsp3) is 0.520. The lowest BCUT2D eigenvalue weighted by molar-refractivity contribution is -0.121. The molecule has 2 aliphatic rings. The number of anilines is 1. The molecule has 1 amide bonds. The van der Waals surface area contributed by atoms with Crippen LogP contribution in [0.15, 0.2) is 23.6 Å². The highest BCUT2D eigenvalue weighted by Gasteiger charge is 2.26. The highest BCUT2D eigenvalue weighted by Crippen LogP contribution is 2.28. The summed E-state index contributed by atoms with van der Waals surface area (Å²) in [5.74, 6) is 2.16. The monoisotopic (exact) mass is 464 g/mol. The Morgan fingerprint density at radius 3 is 2.76 bits per heavy atom. The van der Waals surface area contributed by atoms with Crippen molar-refractivity contribution in [2.24, 2.45) is 5.92 Å². The van der Waals surface area contributed by atoms with Crippen molar-refractivity contribution in [2.75, 3.05) is 18.4 Å². The van der Waals surface area contributed by atoms with Crippen LogP contribution in [0.5, 0.6) is 0 Å². The summed E-state index contributed by atoms with van der Waals surface area (Å²) in [6, 6.07) is 6.22. The number of piperidine rings is 1. The molecule has 8 heteroatoms. The second-order valence-electron chi connectivity index (χ2n) is 9.33. The number of rotatable bonds is 5. The quantitative estimate of drug-likeness (QED) is 0.597. The zero-order valence-electron chi connectivity index (χ0n) is 19.5. The predicted molar refractivity (Wildman–Crippen MR) is 131 cm³/mol. The van der Waals surface area contributed by atoms with Crippen molar-refractivity contribution in [1.82, 2.24) is 24.6 Å². The Hall–Kier alpha value is -2.58. The number of benzene rings is 1. The van der Waals surface area contributed by atoms with Crippen LogP contribution < -0.4 is 5.32 Å². The van der Waals surface area contributed by atoms with Gasteiger partial charge in [-0.2, -0.15) is 0 Å². The number of carbonyl (C=O) groups is 1. The van der Waals surface area contributed by atoms with Gasteiger partial charge in [0.2, 0.25) is 5.91 Å². The number of carbonyl (C=O) groups excluding carboxylic acids is 1. The lowest BCUT2D eigenvalue weighted by Crippen LogP contribution is -2.37. The molecule has 1 aromatic carbocycles. The van der Waals surface area contributed by atoms with Gasteiger partial charge in [0.15, 0.2) is 5.82 Å². The minimum Gasteiger partial charge on any atom is -0.326 e. The summed E-state index contributed by atoms with van der Waals surface area (Å²) in [5.41, 5.74) is 4.10. The predicted octanol–water partition coefficient (Wildman–Crippen LogP) is 4.60. The number of fused-ring (bicyclic) bond motifs is 1. The first-order valence-electron chi connectivity index (χ1n) is 12.0. The van der Waals surface area contributed by atoms with E-state index in [9.17, 15) is 4.79 Å². The summed E-state index contributed by atoms with van der Waals surface area (Å²) in [7, 11) is 0. The minimum atomic E-state index is 0.0471. The summed E-state index contributed by atoms with van der Waals surface area (Å²) in [4.78, 5) is 20.1. The van der Waals surface area contributed by atoms with Gasteiger partial charge in [-0.15, -0.1) is 21.5 Å². The number of likely N-dealkylation sites (tertiary alicyclic amines) is 1. The van der Waals surface area contributed by atoms with Crippen molar-refractivity contribution < 1.29 is 4.79 Å². The molecular weight excluding hydrogens is 432 g/mol. The molecular formula is C25H32N6OS. The fourth-order valence-electron chi connectivity index (χ4n) is 4.89. The number of hydrogen-bond acceptors (Lipinski definition) is 6. The summed E-state index contributed by atoms with van der Waals surface area (Å²) in [5, 5.41) is 15.4. The van der Waals surface area contributed by atoms with Gasteiger partial charge in [-0.1, -0.05) is 18.6 Å². The first-order valence-corrected chi connectivity index (χ1v) is 12.9. The van der Waals surface area contributed by atoms with Crippen LogP contribution in [0.4, 0.5) is 5.69 Å². The van der Waals surface area contributed by atoms with Gasteiger partial charge in [-0.05, 0) is 64.3 Å². The largest absolute Gasteiger partial charge is 0.326 e. The van der Waals surface area contributed by atoms with Crippen LogP contribution in [0.25, 0.3) is 11.4 Å². The number of hydrogen-bond donors (Lipinski definition) is 1. The van der Waals surface area contributed by atoms with Gasteiger partial charge in [-0.3, -0.25) is 9.69 Å². The molecule has 1 fully saturated rings. The smallest absolute Gasteiger partial charge is 0.227 e. The molecule has 0 spiro atoms. The fourth-order valence-corrected chi connectivity index (χ4v) is 5.50. The molecule has 1 saturated heterocycles. The summed E-state index contributed by atoms with van der Waals surface area (Å²) in [6.45, 7) is 7.79. The lowest BCUT2D eigenvalue weighted by atomic mass is 9.95. The molecule has 0 bridgehead atoms. The van der Waals surface area contributed by atoms with Gasteiger partial charge in [-0.25, -0.2) is 4.98 Å². The Morgan fingerprint density at radius 1 is 1.12 bits per heavy atom. The standard InChI is InChI=1S/C25H32N6OS/c1-17-7-8-20(24-29-28-23-6-4-3-5-11-31(23)24)14-22(17)27-25(32)19-9-12-30(13-10-19)15-21-16-33-18(2)26-21/h7-8,14,16,19H,3-6,9-13,15H2,1-2H3,(H,27,32). The molecule has 33 heavy (non-hydrogen) atoms. The van der Waals surface area contributed by atoms with Gasteiger partial charge in [0.25, 0.3) is 0 Å². The van der Waals surface area contributed by atoms with Crippen LogP contribution in [0.1, 0.15) is 54.2 Å². The van der Waals surface area contributed by atoms with Gasteiger partial charge in [0.1, 0.15) is 5.82 Å². The molecule has 0 aliphatic carbocycles. The molecule has 0 unspecified atom stereocenters. The molecule has 7 nitrogen and oxygen atoms in total. The van der Waals surface area contributed by atoms with E-state index in [4.69, 9.17) is 0 Å². The second-order valence-corrected chi connectivity index (χ2v) is 10.4. The first-order chi connectivity index (χ1) is 16.1. The molecule has 2 aromatic heterocycles. The number of thiazole rings is 1. The molecule has 2 aliphatic heterocycles. The van der Waals surface area contributed by atoms with Crippen LogP contribution in [-0.2, 0) is 24.3 Å². The Labute approximate surface area is 199 Å². The third-order valence-corrected chi connectivity index (χ3v) is 7.70. The van der Waals surface area contributed by atoms with E-state index in [2.05, 4.69) is 53.5 Å². The van der Waals surface area contributed by atoms with E-state index in [0.717, 1.165) is 91.0 Å². The van der Waals surface area contributed by atoms with E-state index < -0.39 is 0 Å². The normalized spacial score (nSPS) is 17.5. The lowest BCUT2D eigenvalue weighted by Gasteiger charge is -2.30. The van der Waals surface area contributed by atoms with E-state index in [0.29, 0.717) is 0 Å². The van der Waals surface area contributed by atoms with Crippen molar-refractivity contribution in [3.63, 3.8) is 0 Å². The SMILES string of the molecule is Cc1nc(CN2CCC(C(=O)Nc3cc(-c4nnc5n4CCCCC5)ccc3C)CC2)cs1.